The molecular formula is C34H69NO4. The fraction of sp³-hybridized carbons (Fsp3) is 0.971. The van der Waals surface area contributed by atoms with Crippen molar-refractivity contribution < 1.29 is 20.1 Å². The Kier molecular flexibility index (Phi) is 29.8. The fourth-order valence-corrected chi connectivity index (χ4v) is 5.45. The zero-order chi connectivity index (χ0) is 28.8. The standard InChI is InChI=1S/C34H69NO4/c1-3-5-7-9-11-13-15-16-17-19-21-23-25-27-29-33(38)35-31(30-36)34(39)32(37)28-26-24-22-20-18-14-12-10-8-6-4-2/h31-32,34,36-37,39H,3-30H2,1-2H3,(H,35,38)/t31-,32+,34-/m0/s1. The maximum atomic E-state index is 12.3. The van der Waals surface area contributed by atoms with Crippen LogP contribution in [0.2, 0.25) is 0 Å². The minimum atomic E-state index is -1.13. The third kappa shape index (κ3) is 26.0. The number of rotatable bonds is 31. The van der Waals surface area contributed by atoms with Crippen molar-refractivity contribution in [3.63, 3.8) is 0 Å². The van der Waals surface area contributed by atoms with E-state index in [4.69, 9.17) is 0 Å². The van der Waals surface area contributed by atoms with E-state index >= 15 is 0 Å². The molecule has 0 spiro atoms. The molecule has 0 saturated carbocycles. The van der Waals surface area contributed by atoms with Crippen LogP contribution in [-0.4, -0.2) is 46.1 Å². The van der Waals surface area contributed by atoms with Crippen LogP contribution in [0.3, 0.4) is 0 Å². The van der Waals surface area contributed by atoms with Gasteiger partial charge in [0.05, 0.1) is 18.8 Å². The number of nitrogens with one attached hydrogen (secondary N) is 1. The van der Waals surface area contributed by atoms with Crippen molar-refractivity contribution in [3.05, 3.63) is 0 Å². The van der Waals surface area contributed by atoms with Crippen LogP contribution in [0.25, 0.3) is 0 Å². The molecule has 5 nitrogen and oxygen atoms in total. The molecule has 39 heavy (non-hydrogen) atoms. The molecule has 0 aliphatic heterocycles. The number of hydrogen-bond acceptors (Lipinski definition) is 4. The Bertz CT molecular complexity index is 502. The number of aliphatic hydroxyl groups excluding tert-OH is 3. The van der Waals surface area contributed by atoms with Crippen molar-refractivity contribution in [1.82, 2.24) is 5.32 Å². The fourth-order valence-electron chi connectivity index (χ4n) is 5.45. The molecule has 234 valence electrons. The van der Waals surface area contributed by atoms with Crippen LogP contribution in [0, 0.1) is 0 Å². The van der Waals surface area contributed by atoms with E-state index in [1.165, 1.54) is 122 Å². The zero-order valence-electron chi connectivity index (χ0n) is 26.3. The summed E-state index contributed by atoms with van der Waals surface area (Å²) in [6.45, 7) is 4.15. The van der Waals surface area contributed by atoms with Gasteiger partial charge in [0.2, 0.25) is 5.91 Å². The van der Waals surface area contributed by atoms with Crippen LogP contribution in [0.5, 0.6) is 0 Å². The van der Waals surface area contributed by atoms with Crippen LogP contribution in [0.4, 0.5) is 0 Å². The summed E-state index contributed by atoms with van der Waals surface area (Å²) in [5.41, 5.74) is 0. The molecule has 4 N–H and O–H groups in total. The highest BCUT2D eigenvalue weighted by molar-refractivity contribution is 5.76. The van der Waals surface area contributed by atoms with Gasteiger partial charge in [-0.25, -0.2) is 0 Å². The van der Waals surface area contributed by atoms with E-state index in [9.17, 15) is 20.1 Å². The van der Waals surface area contributed by atoms with Crippen LogP contribution < -0.4 is 5.32 Å². The van der Waals surface area contributed by atoms with Gasteiger partial charge in [-0.15, -0.1) is 0 Å². The summed E-state index contributed by atoms with van der Waals surface area (Å²) in [6.07, 6.45) is 30.4. The van der Waals surface area contributed by atoms with Crippen molar-refractivity contribution in [2.75, 3.05) is 6.61 Å². The van der Waals surface area contributed by atoms with Gasteiger partial charge in [-0.2, -0.15) is 0 Å². The van der Waals surface area contributed by atoms with Gasteiger partial charge >= 0.3 is 0 Å². The highest BCUT2D eigenvalue weighted by Crippen LogP contribution is 2.15. The number of hydrogen-bond donors (Lipinski definition) is 4. The summed E-state index contributed by atoms with van der Waals surface area (Å²) in [6, 6.07) is -0.799. The summed E-state index contributed by atoms with van der Waals surface area (Å²) in [4.78, 5) is 12.3. The first-order chi connectivity index (χ1) is 19.1. The molecule has 0 radical (unpaired) electrons. The molecular weight excluding hydrogens is 486 g/mol. The third-order valence-corrected chi connectivity index (χ3v) is 8.21. The average molecular weight is 556 g/mol. The smallest absolute Gasteiger partial charge is 0.220 e. The summed E-state index contributed by atoms with van der Waals surface area (Å²) in [5, 5.41) is 33.2. The topological polar surface area (TPSA) is 89.8 Å². The highest BCUT2D eigenvalue weighted by atomic mass is 16.3. The maximum Gasteiger partial charge on any atom is 0.220 e. The molecule has 0 aromatic carbocycles. The SMILES string of the molecule is CCCCCCCCCCCCCCCCC(=O)N[C@@H](CO)[C@H](O)[C@H](O)CCCCCCCCCCCCC. The Balaban J connectivity index is 3.68. The predicted molar refractivity (Wildman–Crippen MR) is 167 cm³/mol. The number of amides is 1. The zero-order valence-corrected chi connectivity index (χ0v) is 26.3. The van der Waals surface area contributed by atoms with Gasteiger partial charge in [-0.1, -0.05) is 168 Å². The van der Waals surface area contributed by atoms with E-state index in [1.54, 1.807) is 0 Å². The minimum absolute atomic E-state index is 0.145. The van der Waals surface area contributed by atoms with E-state index in [0.29, 0.717) is 12.8 Å². The lowest BCUT2D eigenvalue weighted by Gasteiger charge is -2.26. The first kappa shape index (κ1) is 38.4. The molecule has 0 rings (SSSR count). The first-order valence-electron chi connectivity index (χ1n) is 17.3. The lowest BCUT2D eigenvalue weighted by molar-refractivity contribution is -0.124. The average Bonchev–Trinajstić information content (AvgIpc) is 2.94. The third-order valence-electron chi connectivity index (χ3n) is 8.21. The summed E-state index contributed by atoms with van der Waals surface area (Å²) >= 11 is 0. The van der Waals surface area contributed by atoms with Gasteiger partial charge in [0.15, 0.2) is 0 Å². The van der Waals surface area contributed by atoms with E-state index in [1.807, 2.05) is 0 Å². The number of aliphatic hydroxyl groups is 3. The molecule has 0 fully saturated rings. The van der Waals surface area contributed by atoms with E-state index < -0.39 is 18.2 Å². The highest BCUT2D eigenvalue weighted by Gasteiger charge is 2.26. The lowest BCUT2D eigenvalue weighted by Crippen LogP contribution is -2.50. The Hall–Kier alpha value is -0.650. The molecule has 0 unspecified atom stereocenters. The van der Waals surface area contributed by atoms with E-state index in [-0.39, 0.29) is 12.5 Å². The number of carbonyl (C=O) groups excluding carboxylic acids is 1. The number of carbonyl (C=O) groups is 1. The first-order valence-corrected chi connectivity index (χ1v) is 17.3. The molecule has 0 saturated heterocycles. The van der Waals surface area contributed by atoms with E-state index in [0.717, 1.165) is 38.5 Å². The largest absolute Gasteiger partial charge is 0.394 e. The summed E-state index contributed by atoms with van der Waals surface area (Å²) < 4.78 is 0. The summed E-state index contributed by atoms with van der Waals surface area (Å²) in [5.74, 6) is -0.145. The second-order valence-electron chi connectivity index (χ2n) is 12.1. The minimum Gasteiger partial charge on any atom is -0.394 e. The molecule has 0 aromatic heterocycles. The maximum absolute atomic E-state index is 12.3. The van der Waals surface area contributed by atoms with Gasteiger partial charge < -0.3 is 20.6 Å². The monoisotopic (exact) mass is 556 g/mol. The second-order valence-corrected chi connectivity index (χ2v) is 12.1. The van der Waals surface area contributed by atoms with Crippen molar-refractivity contribution in [1.29, 1.82) is 0 Å². The van der Waals surface area contributed by atoms with Crippen molar-refractivity contribution in [2.45, 2.75) is 205 Å². The van der Waals surface area contributed by atoms with Gasteiger partial charge in [0.1, 0.15) is 6.10 Å². The Morgan fingerprint density at radius 2 is 0.872 bits per heavy atom. The van der Waals surface area contributed by atoms with Gasteiger partial charge in [0.25, 0.3) is 0 Å². The molecule has 0 heterocycles. The predicted octanol–water partition coefficient (Wildman–Crippen LogP) is 8.76. The quantitative estimate of drug-likeness (QED) is 0.0644. The molecule has 3 atom stereocenters. The van der Waals surface area contributed by atoms with Gasteiger partial charge in [-0.3, -0.25) is 4.79 Å². The van der Waals surface area contributed by atoms with Gasteiger partial charge in [0, 0.05) is 6.42 Å². The van der Waals surface area contributed by atoms with Crippen molar-refractivity contribution >= 4 is 5.91 Å². The lowest BCUT2D eigenvalue weighted by atomic mass is 9.99. The van der Waals surface area contributed by atoms with Gasteiger partial charge in [-0.05, 0) is 12.8 Å². The van der Waals surface area contributed by atoms with Crippen LogP contribution >= 0.6 is 0 Å². The van der Waals surface area contributed by atoms with Crippen molar-refractivity contribution in [3.8, 4) is 0 Å². The number of unbranched alkanes of at least 4 members (excludes halogenated alkanes) is 23. The molecule has 0 aliphatic carbocycles. The molecule has 1 amide bonds. The van der Waals surface area contributed by atoms with Crippen LogP contribution in [0.15, 0.2) is 0 Å². The van der Waals surface area contributed by atoms with Crippen LogP contribution in [0.1, 0.15) is 187 Å². The summed E-state index contributed by atoms with van der Waals surface area (Å²) in [7, 11) is 0. The second kappa shape index (κ2) is 30.3. The normalized spacial score (nSPS) is 13.9. The van der Waals surface area contributed by atoms with Crippen molar-refractivity contribution in [2.24, 2.45) is 0 Å². The molecule has 0 aromatic rings. The molecule has 5 heteroatoms. The Morgan fingerprint density at radius 1 is 0.538 bits per heavy atom. The molecule has 0 bridgehead atoms. The Morgan fingerprint density at radius 3 is 1.23 bits per heavy atom. The molecule has 0 aliphatic rings. The van der Waals surface area contributed by atoms with Crippen LogP contribution in [-0.2, 0) is 4.79 Å². The van der Waals surface area contributed by atoms with E-state index in [2.05, 4.69) is 19.2 Å². The Labute approximate surface area is 243 Å².